The average molecular weight is 596 g/mol. The maximum Gasteiger partial charge on any atom is 0.277 e. The molecule has 0 saturated carbocycles. The lowest BCUT2D eigenvalue weighted by Crippen LogP contribution is -2.28. The summed E-state index contributed by atoms with van der Waals surface area (Å²) in [5.41, 5.74) is 2.04. The maximum atomic E-state index is 13.3. The van der Waals surface area contributed by atoms with E-state index in [4.69, 9.17) is 0 Å². The normalized spacial score (nSPS) is 11.1. The number of hydrogen-bond donors (Lipinski definition) is 0. The molecule has 0 unspecified atom stereocenters. The minimum atomic E-state index is -0.288. The molecule has 7 nitrogen and oxygen atoms in total. The number of benzene rings is 1. The van der Waals surface area contributed by atoms with Crippen molar-refractivity contribution in [1.29, 1.82) is 0 Å². The quantitative estimate of drug-likeness (QED) is 0.0780. The van der Waals surface area contributed by atoms with Crippen molar-refractivity contribution in [3.63, 3.8) is 0 Å². The highest BCUT2D eigenvalue weighted by molar-refractivity contribution is 7.98. The molecule has 9 heteroatoms. The van der Waals surface area contributed by atoms with Gasteiger partial charge in [0.25, 0.3) is 5.56 Å². The van der Waals surface area contributed by atoms with E-state index in [-0.39, 0.29) is 17.3 Å². The first kappa shape index (κ1) is 33.4. The number of rotatable bonds is 20. The number of unbranched alkanes of at least 4 members (excludes halogenated alkanes) is 9. The van der Waals surface area contributed by atoms with Crippen molar-refractivity contribution in [2.45, 2.75) is 108 Å². The summed E-state index contributed by atoms with van der Waals surface area (Å²) in [5.74, 6) is 0.414. The van der Waals surface area contributed by atoms with Crippen molar-refractivity contribution in [2.75, 3.05) is 13.6 Å². The second kappa shape index (κ2) is 19.2. The fourth-order valence-corrected chi connectivity index (χ4v) is 5.79. The fourth-order valence-electron chi connectivity index (χ4n) is 4.84. The first-order valence-corrected chi connectivity index (χ1v) is 16.4. The minimum Gasteiger partial charge on any atom is -0.346 e. The molecule has 42 heavy (non-hydrogen) atoms. The van der Waals surface area contributed by atoms with Crippen molar-refractivity contribution < 1.29 is 9.18 Å². The molecule has 0 aliphatic rings. The Morgan fingerprint density at radius 1 is 0.905 bits per heavy atom. The standard InChI is InChI=1S/C33H46FN5O2S/c1-3-4-5-6-7-8-9-10-11-12-19-38(2)31(40)14-13-20-39-24-29(21-28-22-35-26-36-23-28)32(41)37-33(39)42-25-27-15-17-30(34)18-16-27/h15-18,22-24,26H,3-14,19-21,25H2,1-2H3. The van der Waals surface area contributed by atoms with Crippen LogP contribution in [0.1, 0.15) is 101 Å². The van der Waals surface area contributed by atoms with Gasteiger partial charge in [0, 0.05) is 62.9 Å². The van der Waals surface area contributed by atoms with E-state index in [0.29, 0.717) is 42.3 Å². The molecular weight excluding hydrogens is 549 g/mol. The van der Waals surface area contributed by atoms with Crippen LogP contribution in [0.25, 0.3) is 0 Å². The van der Waals surface area contributed by atoms with E-state index < -0.39 is 0 Å². The third-order valence-electron chi connectivity index (χ3n) is 7.38. The first-order chi connectivity index (χ1) is 20.5. The molecule has 0 atom stereocenters. The van der Waals surface area contributed by atoms with Crippen LogP contribution in [0.2, 0.25) is 0 Å². The van der Waals surface area contributed by atoms with Gasteiger partial charge in [-0.25, -0.2) is 14.4 Å². The predicted octanol–water partition coefficient (Wildman–Crippen LogP) is 7.22. The number of carbonyl (C=O) groups is 1. The monoisotopic (exact) mass is 595 g/mol. The Morgan fingerprint density at radius 3 is 2.21 bits per heavy atom. The zero-order valence-electron chi connectivity index (χ0n) is 25.3. The van der Waals surface area contributed by atoms with Gasteiger partial charge >= 0.3 is 0 Å². The molecule has 0 radical (unpaired) electrons. The summed E-state index contributed by atoms with van der Waals surface area (Å²) < 4.78 is 15.3. The van der Waals surface area contributed by atoms with E-state index in [1.165, 1.54) is 88.0 Å². The lowest BCUT2D eigenvalue weighted by atomic mass is 10.1. The fraction of sp³-hybridized carbons (Fsp3) is 0.545. The molecule has 0 fully saturated rings. The largest absolute Gasteiger partial charge is 0.346 e. The number of thioether (sulfide) groups is 1. The summed E-state index contributed by atoms with van der Waals surface area (Å²) in [6, 6.07) is 6.33. The van der Waals surface area contributed by atoms with E-state index in [1.54, 1.807) is 24.5 Å². The van der Waals surface area contributed by atoms with Crippen LogP contribution in [-0.2, 0) is 23.5 Å². The molecule has 1 amide bonds. The van der Waals surface area contributed by atoms with Crippen LogP contribution in [0.3, 0.4) is 0 Å². The lowest BCUT2D eigenvalue weighted by Gasteiger charge is -2.18. The highest BCUT2D eigenvalue weighted by atomic mass is 32.2. The van der Waals surface area contributed by atoms with Crippen LogP contribution in [0, 0.1) is 5.82 Å². The Balaban J connectivity index is 1.49. The Labute approximate surface area is 254 Å². The zero-order chi connectivity index (χ0) is 30.0. The van der Waals surface area contributed by atoms with Gasteiger partial charge in [0.05, 0.1) is 0 Å². The van der Waals surface area contributed by atoms with Gasteiger partial charge in [-0.05, 0) is 36.1 Å². The molecule has 0 N–H and O–H groups in total. The van der Waals surface area contributed by atoms with Crippen molar-refractivity contribution in [1.82, 2.24) is 24.4 Å². The summed E-state index contributed by atoms with van der Waals surface area (Å²) in [6.45, 7) is 3.60. The van der Waals surface area contributed by atoms with Crippen LogP contribution in [-0.4, -0.2) is 43.9 Å². The van der Waals surface area contributed by atoms with Crippen molar-refractivity contribution in [2.24, 2.45) is 0 Å². The number of aromatic nitrogens is 4. The number of carbonyl (C=O) groups excluding carboxylic acids is 1. The predicted molar refractivity (Wildman–Crippen MR) is 168 cm³/mol. The van der Waals surface area contributed by atoms with E-state index in [9.17, 15) is 14.0 Å². The molecule has 0 spiro atoms. The number of aryl methyl sites for hydroxylation is 1. The zero-order valence-corrected chi connectivity index (χ0v) is 26.1. The summed E-state index contributed by atoms with van der Waals surface area (Å²) in [5, 5.41) is 0.587. The second-order valence-electron chi connectivity index (χ2n) is 11.0. The van der Waals surface area contributed by atoms with Crippen LogP contribution < -0.4 is 5.56 Å². The number of halogens is 1. The average Bonchev–Trinajstić information content (AvgIpc) is 3.00. The Bertz CT molecular complexity index is 1250. The molecule has 0 aliphatic heterocycles. The molecular formula is C33H46FN5O2S. The van der Waals surface area contributed by atoms with E-state index in [0.717, 1.165) is 24.1 Å². The van der Waals surface area contributed by atoms with E-state index in [2.05, 4.69) is 21.9 Å². The Hall–Kier alpha value is -3.07. The van der Waals surface area contributed by atoms with Crippen LogP contribution in [0.15, 0.2) is 59.1 Å². The van der Waals surface area contributed by atoms with Gasteiger partial charge in [-0.15, -0.1) is 0 Å². The summed E-state index contributed by atoms with van der Waals surface area (Å²) in [6.07, 6.45) is 20.9. The van der Waals surface area contributed by atoms with Crippen LogP contribution in [0.5, 0.6) is 0 Å². The Morgan fingerprint density at radius 2 is 1.55 bits per heavy atom. The third kappa shape index (κ3) is 12.4. The molecule has 3 rings (SSSR count). The lowest BCUT2D eigenvalue weighted by molar-refractivity contribution is -0.130. The van der Waals surface area contributed by atoms with Gasteiger partial charge in [-0.2, -0.15) is 4.98 Å². The van der Waals surface area contributed by atoms with E-state index in [1.807, 2.05) is 22.7 Å². The Kier molecular flexibility index (Phi) is 15.3. The molecule has 2 aromatic heterocycles. The van der Waals surface area contributed by atoms with Crippen LogP contribution >= 0.6 is 11.8 Å². The molecule has 0 bridgehead atoms. The maximum absolute atomic E-state index is 13.3. The third-order valence-corrected chi connectivity index (χ3v) is 8.44. The smallest absolute Gasteiger partial charge is 0.277 e. The first-order valence-electron chi connectivity index (χ1n) is 15.4. The SMILES string of the molecule is CCCCCCCCCCCCN(C)C(=O)CCCn1cc(Cc2cncnc2)c(=O)nc1SCc1ccc(F)cc1. The number of nitrogens with zero attached hydrogens (tertiary/aromatic N) is 5. The highest BCUT2D eigenvalue weighted by Gasteiger charge is 2.13. The molecule has 2 heterocycles. The molecule has 0 saturated heterocycles. The van der Waals surface area contributed by atoms with Crippen molar-refractivity contribution in [3.05, 3.63) is 82.0 Å². The van der Waals surface area contributed by atoms with Gasteiger partial charge in [-0.1, -0.05) is 88.6 Å². The van der Waals surface area contributed by atoms with Gasteiger partial charge in [0.2, 0.25) is 5.91 Å². The van der Waals surface area contributed by atoms with Gasteiger partial charge in [-0.3, -0.25) is 9.59 Å². The molecule has 0 aliphatic carbocycles. The van der Waals surface area contributed by atoms with Crippen molar-refractivity contribution in [3.8, 4) is 0 Å². The topological polar surface area (TPSA) is 81.0 Å². The summed E-state index contributed by atoms with van der Waals surface area (Å²) >= 11 is 1.43. The molecule has 228 valence electrons. The van der Waals surface area contributed by atoms with Crippen LogP contribution in [0.4, 0.5) is 4.39 Å². The summed E-state index contributed by atoms with van der Waals surface area (Å²) in [7, 11) is 1.89. The van der Waals surface area contributed by atoms with Gasteiger partial charge in [0.1, 0.15) is 12.1 Å². The number of amides is 1. The van der Waals surface area contributed by atoms with Crippen molar-refractivity contribution >= 4 is 17.7 Å². The second-order valence-corrected chi connectivity index (χ2v) is 11.9. The van der Waals surface area contributed by atoms with Gasteiger partial charge < -0.3 is 9.47 Å². The summed E-state index contributed by atoms with van der Waals surface area (Å²) in [4.78, 5) is 40.0. The molecule has 1 aromatic carbocycles. The minimum absolute atomic E-state index is 0.141. The van der Waals surface area contributed by atoms with E-state index >= 15 is 0 Å². The molecule has 3 aromatic rings. The number of hydrogen-bond acceptors (Lipinski definition) is 6. The highest BCUT2D eigenvalue weighted by Crippen LogP contribution is 2.22. The van der Waals surface area contributed by atoms with Gasteiger partial charge in [0.15, 0.2) is 5.16 Å².